The number of carbonyl (C=O) groups excluding carboxylic acids is 1. The molecule has 0 heterocycles. The molecule has 0 saturated heterocycles. The molecule has 4 N–H and O–H groups in total. The molecule has 0 bridgehead atoms. The summed E-state index contributed by atoms with van der Waals surface area (Å²) < 4.78 is 25.4. The van der Waals surface area contributed by atoms with Gasteiger partial charge in [0.15, 0.2) is 17.7 Å². The lowest BCUT2D eigenvalue weighted by Gasteiger charge is -2.09. The van der Waals surface area contributed by atoms with E-state index in [0.717, 1.165) is 18.2 Å². The molecule has 1 atom stereocenters. The molecule has 0 fully saturated rings. The van der Waals surface area contributed by atoms with E-state index in [1.165, 1.54) is 0 Å². The molecule has 98 valence electrons. The van der Waals surface area contributed by atoms with Crippen molar-refractivity contribution < 1.29 is 28.6 Å². The second-order valence-electron chi connectivity index (χ2n) is 3.32. The summed E-state index contributed by atoms with van der Waals surface area (Å²) >= 11 is 0. The summed E-state index contributed by atoms with van der Waals surface area (Å²) in [5, 5.41) is 21.4. The average Bonchev–Trinajstić information content (AvgIpc) is 2.30. The van der Waals surface area contributed by atoms with Crippen molar-refractivity contribution in [3.05, 3.63) is 29.8 Å². The number of anilines is 1. The molecule has 1 aromatic rings. The number of hydrogen-bond donors (Lipinski definition) is 4. The number of benzene rings is 1. The van der Waals surface area contributed by atoms with Crippen LogP contribution in [-0.2, 0) is 4.79 Å². The van der Waals surface area contributed by atoms with E-state index in [9.17, 15) is 18.4 Å². The molecule has 0 unspecified atom stereocenters. The van der Waals surface area contributed by atoms with Crippen LogP contribution in [0.3, 0.4) is 0 Å². The quantitative estimate of drug-likeness (QED) is 0.634. The van der Waals surface area contributed by atoms with Crippen LogP contribution in [0.15, 0.2) is 18.2 Å². The highest BCUT2D eigenvalue weighted by atomic mass is 19.2. The standard InChI is InChI=1S/C10H10F2N2O4/c11-6-2-1-5(3-7(6)12)14-10(18)13-4-8(15)9(16)17/h1-3,8,15H,4H2,(H,16,17)(H2,13,14,18)/t8-/m0/s1. The molecule has 0 aliphatic carbocycles. The Labute approximate surface area is 100 Å². The van der Waals surface area contributed by atoms with Gasteiger partial charge in [0.1, 0.15) is 0 Å². The van der Waals surface area contributed by atoms with Crippen molar-refractivity contribution in [1.29, 1.82) is 0 Å². The number of aliphatic carboxylic acids is 1. The van der Waals surface area contributed by atoms with Gasteiger partial charge in [-0.15, -0.1) is 0 Å². The molecule has 6 nitrogen and oxygen atoms in total. The zero-order valence-electron chi connectivity index (χ0n) is 8.98. The number of nitrogens with one attached hydrogen (secondary N) is 2. The van der Waals surface area contributed by atoms with Crippen LogP contribution in [0.1, 0.15) is 0 Å². The molecule has 0 aliphatic rings. The first-order valence-corrected chi connectivity index (χ1v) is 4.81. The van der Waals surface area contributed by atoms with Gasteiger partial charge < -0.3 is 20.8 Å². The molecule has 2 amide bonds. The van der Waals surface area contributed by atoms with Gasteiger partial charge in [-0.2, -0.15) is 0 Å². The SMILES string of the molecule is O=C(NC[C@H](O)C(=O)O)Nc1ccc(F)c(F)c1. The smallest absolute Gasteiger partial charge is 0.334 e. The van der Waals surface area contributed by atoms with Gasteiger partial charge in [-0.3, -0.25) is 0 Å². The van der Waals surface area contributed by atoms with E-state index < -0.39 is 36.3 Å². The van der Waals surface area contributed by atoms with Gasteiger partial charge in [-0.1, -0.05) is 0 Å². The summed E-state index contributed by atoms with van der Waals surface area (Å²) in [4.78, 5) is 21.4. The van der Waals surface area contributed by atoms with Crippen molar-refractivity contribution in [3.63, 3.8) is 0 Å². The minimum absolute atomic E-state index is 0.00350. The number of amides is 2. The summed E-state index contributed by atoms with van der Waals surface area (Å²) in [6.07, 6.45) is -1.74. The molecule has 0 aliphatic heterocycles. The Morgan fingerprint density at radius 2 is 1.94 bits per heavy atom. The van der Waals surface area contributed by atoms with E-state index in [4.69, 9.17) is 10.2 Å². The molecule has 18 heavy (non-hydrogen) atoms. The van der Waals surface area contributed by atoms with Gasteiger partial charge in [-0.05, 0) is 12.1 Å². The lowest BCUT2D eigenvalue weighted by Crippen LogP contribution is -2.38. The van der Waals surface area contributed by atoms with E-state index in [-0.39, 0.29) is 5.69 Å². The maximum absolute atomic E-state index is 12.8. The lowest BCUT2D eigenvalue weighted by atomic mass is 10.3. The first-order chi connectivity index (χ1) is 8.40. The zero-order valence-corrected chi connectivity index (χ0v) is 8.98. The van der Waals surface area contributed by atoms with E-state index in [1.54, 1.807) is 0 Å². The number of carbonyl (C=O) groups is 2. The number of carboxylic acid groups (broad SMARTS) is 1. The number of hydrogen-bond acceptors (Lipinski definition) is 3. The summed E-state index contributed by atoms with van der Waals surface area (Å²) in [5.74, 6) is -3.66. The maximum atomic E-state index is 12.8. The maximum Gasteiger partial charge on any atom is 0.334 e. The third-order valence-corrected chi connectivity index (χ3v) is 1.92. The fourth-order valence-electron chi connectivity index (χ4n) is 1.03. The Morgan fingerprint density at radius 3 is 2.50 bits per heavy atom. The highest BCUT2D eigenvalue weighted by molar-refractivity contribution is 5.89. The largest absolute Gasteiger partial charge is 0.479 e. The van der Waals surface area contributed by atoms with E-state index in [1.807, 2.05) is 5.32 Å². The number of carboxylic acids is 1. The molecule has 1 rings (SSSR count). The van der Waals surface area contributed by atoms with E-state index in [0.29, 0.717) is 0 Å². The Balaban J connectivity index is 2.49. The monoisotopic (exact) mass is 260 g/mol. The van der Waals surface area contributed by atoms with E-state index >= 15 is 0 Å². The van der Waals surface area contributed by atoms with Crippen molar-refractivity contribution >= 4 is 17.7 Å². The summed E-state index contributed by atoms with van der Waals surface area (Å²) in [7, 11) is 0. The van der Waals surface area contributed by atoms with Gasteiger partial charge >= 0.3 is 12.0 Å². The molecular weight excluding hydrogens is 250 g/mol. The second-order valence-corrected chi connectivity index (χ2v) is 3.32. The average molecular weight is 260 g/mol. The number of rotatable bonds is 4. The molecule has 0 spiro atoms. The van der Waals surface area contributed by atoms with Crippen LogP contribution in [0.2, 0.25) is 0 Å². The first kappa shape index (κ1) is 13.8. The van der Waals surface area contributed by atoms with Crippen LogP contribution < -0.4 is 10.6 Å². The summed E-state index contributed by atoms with van der Waals surface area (Å²) in [6.45, 7) is -0.509. The van der Waals surface area contributed by atoms with Crippen LogP contribution in [0.4, 0.5) is 19.3 Å². The normalized spacial score (nSPS) is 11.7. The third kappa shape index (κ3) is 3.98. The van der Waals surface area contributed by atoms with Crippen LogP contribution in [0.25, 0.3) is 0 Å². The molecule has 1 aromatic carbocycles. The number of aliphatic hydroxyl groups is 1. The highest BCUT2D eigenvalue weighted by Gasteiger charge is 2.14. The number of aliphatic hydroxyl groups excluding tert-OH is 1. The predicted octanol–water partition coefficient (Wildman–Crippen LogP) is 0.532. The van der Waals surface area contributed by atoms with Crippen molar-refractivity contribution in [2.75, 3.05) is 11.9 Å². The molecule has 0 aromatic heterocycles. The van der Waals surface area contributed by atoms with Crippen LogP contribution in [0.5, 0.6) is 0 Å². The Kier molecular flexibility index (Phi) is 4.55. The number of halogens is 2. The van der Waals surface area contributed by atoms with Crippen LogP contribution >= 0.6 is 0 Å². The van der Waals surface area contributed by atoms with Gasteiger partial charge in [0, 0.05) is 11.8 Å². The Bertz CT molecular complexity index is 467. The van der Waals surface area contributed by atoms with Gasteiger partial charge in [0.25, 0.3) is 0 Å². The lowest BCUT2D eigenvalue weighted by molar-refractivity contribution is -0.146. The van der Waals surface area contributed by atoms with Crippen molar-refractivity contribution in [2.24, 2.45) is 0 Å². The molecule has 8 heteroatoms. The van der Waals surface area contributed by atoms with Gasteiger partial charge in [-0.25, -0.2) is 18.4 Å². The second kappa shape index (κ2) is 5.92. The van der Waals surface area contributed by atoms with Crippen LogP contribution in [0, 0.1) is 11.6 Å². The minimum atomic E-state index is -1.74. The number of urea groups is 1. The first-order valence-electron chi connectivity index (χ1n) is 4.81. The predicted molar refractivity (Wildman–Crippen MR) is 57.0 cm³/mol. The molecular formula is C10H10F2N2O4. The highest BCUT2D eigenvalue weighted by Crippen LogP contribution is 2.12. The van der Waals surface area contributed by atoms with E-state index in [2.05, 4.69) is 5.32 Å². The van der Waals surface area contributed by atoms with Gasteiger partial charge in [0.2, 0.25) is 0 Å². The molecule has 0 saturated carbocycles. The Morgan fingerprint density at radius 1 is 1.28 bits per heavy atom. The topological polar surface area (TPSA) is 98.7 Å². The fraction of sp³-hybridized carbons (Fsp3) is 0.200. The summed E-state index contributed by atoms with van der Waals surface area (Å²) in [5.41, 5.74) is -0.00350. The zero-order chi connectivity index (χ0) is 13.7. The van der Waals surface area contributed by atoms with Crippen LogP contribution in [-0.4, -0.2) is 34.9 Å². The third-order valence-electron chi connectivity index (χ3n) is 1.92. The fourth-order valence-corrected chi connectivity index (χ4v) is 1.03. The van der Waals surface area contributed by atoms with Crippen molar-refractivity contribution in [2.45, 2.75) is 6.10 Å². The minimum Gasteiger partial charge on any atom is -0.479 e. The summed E-state index contributed by atoms with van der Waals surface area (Å²) in [6, 6.07) is 1.88. The Hall–Kier alpha value is -2.22. The van der Waals surface area contributed by atoms with Crippen molar-refractivity contribution in [1.82, 2.24) is 5.32 Å². The van der Waals surface area contributed by atoms with Crippen molar-refractivity contribution in [3.8, 4) is 0 Å². The molecule has 0 radical (unpaired) electrons. The van der Waals surface area contributed by atoms with Gasteiger partial charge in [0.05, 0.1) is 6.54 Å².